The SMILES string of the molecule is CC(CNC(=O)CNC1CCCC1)CN1CCCCC1. The summed E-state index contributed by atoms with van der Waals surface area (Å²) in [6.07, 6.45) is 9.15. The molecule has 0 aromatic heterocycles. The van der Waals surface area contributed by atoms with Gasteiger partial charge in [0.1, 0.15) is 0 Å². The van der Waals surface area contributed by atoms with Crippen molar-refractivity contribution in [2.24, 2.45) is 5.92 Å². The molecule has 1 heterocycles. The highest BCUT2D eigenvalue weighted by atomic mass is 16.1. The molecule has 2 rings (SSSR count). The Morgan fingerprint density at radius 1 is 1.15 bits per heavy atom. The second-order valence-electron chi connectivity index (χ2n) is 6.63. The second kappa shape index (κ2) is 8.63. The quantitative estimate of drug-likeness (QED) is 0.747. The second-order valence-corrected chi connectivity index (χ2v) is 6.63. The van der Waals surface area contributed by atoms with Gasteiger partial charge in [0.2, 0.25) is 5.91 Å². The fourth-order valence-corrected chi connectivity index (χ4v) is 3.36. The van der Waals surface area contributed by atoms with Crippen LogP contribution in [0.1, 0.15) is 51.9 Å². The predicted octanol–water partition coefficient (Wildman–Crippen LogP) is 1.76. The normalized spacial score (nSPS) is 22.9. The molecule has 2 fully saturated rings. The number of hydrogen-bond acceptors (Lipinski definition) is 3. The van der Waals surface area contributed by atoms with Gasteiger partial charge in [-0.15, -0.1) is 0 Å². The van der Waals surface area contributed by atoms with Crippen LogP contribution < -0.4 is 10.6 Å². The van der Waals surface area contributed by atoms with E-state index in [1.54, 1.807) is 0 Å². The van der Waals surface area contributed by atoms with Crippen LogP contribution in [0, 0.1) is 5.92 Å². The summed E-state index contributed by atoms with van der Waals surface area (Å²) in [5.74, 6) is 0.700. The number of amides is 1. The van der Waals surface area contributed by atoms with Gasteiger partial charge in [-0.3, -0.25) is 4.79 Å². The number of carbonyl (C=O) groups excluding carboxylic acids is 1. The van der Waals surface area contributed by atoms with Gasteiger partial charge in [-0.25, -0.2) is 0 Å². The van der Waals surface area contributed by atoms with Crippen LogP contribution in [-0.2, 0) is 4.79 Å². The topological polar surface area (TPSA) is 44.4 Å². The Hall–Kier alpha value is -0.610. The molecular weight excluding hydrogens is 250 g/mol. The van der Waals surface area contributed by atoms with E-state index in [0.29, 0.717) is 18.5 Å². The molecule has 1 aliphatic carbocycles. The molecule has 116 valence electrons. The summed E-state index contributed by atoms with van der Waals surface area (Å²) >= 11 is 0. The minimum Gasteiger partial charge on any atom is -0.355 e. The van der Waals surface area contributed by atoms with Crippen molar-refractivity contribution in [3.05, 3.63) is 0 Å². The first-order chi connectivity index (χ1) is 9.74. The van der Waals surface area contributed by atoms with Crippen molar-refractivity contribution in [3.8, 4) is 0 Å². The molecule has 0 aromatic carbocycles. The highest BCUT2D eigenvalue weighted by Crippen LogP contribution is 2.17. The van der Waals surface area contributed by atoms with E-state index in [1.165, 1.54) is 58.0 Å². The number of nitrogens with zero attached hydrogens (tertiary/aromatic N) is 1. The molecule has 20 heavy (non-hydrogen) atoms. The average Bonchev–Trinajstić information content (AvgIpc) is 2.97. The van der Waals surface area contributed by atoms with Crippen LogP contribution in [0.5, 0.6) is 0 Å². The van der Waals surface area contributed by atoms with Crippen molar-refractivity contribution >= 4 is 5.91 Å². The molecule has 0 aromatic rings. The first kappa shape index (κ1) is 15.8. The Bertz CT molecular complexity index is 283. The van der Waals surface area contributed by atoms with Crippen LogP contribution in [0.15, 0.2) is 0 Å². The third-order valence-electron chi connectivity index (χ3n) is 4.57. The number of likely N-dealkylation sites (tertiary alicyclic amines) is 1. The first-order valence-electron chi connectivity index (χ1n) is 8.46. The van der Waals surface area contributed by atoms with E-state index in [-0.39, 0.29) is 5.91 Å². The van der Waals surface area contributed by atoms with Gasteiger partial charge < -0.3 is 15.5 Å². The van der Waals surface area contributed by atoms with Gasteiger partial charge in [-0.05, 0) is 44.7 Å². The van der Waals surface area contributed by atoms with Gasteiger partial charge in [0.15, 0.2) is 0 Å². The van der Waals surface area contributed by atoms with Crippen molar-refractivity contribution in [3.63, 3.8) is 0 Å². The van der Waals surface area contributed by atoms with Gasteiger partial charge in [-0.2, -0.15) is 0 Å². The zero-order chi connectivity index (χ0) is 14.2. The summed E-state index contributed by atoms with van der Waals surface area (Å²) in [6, 6.07) is 0.575. The fourth-order valence-electron chi connectivity index (χ4n) is 3.36. The van der Waals surface area contributed by atoms with Gasteiger partial charge >= 0.3 is 0 Å². The predicted molar refractivity (Wildman–Crippen MR) is 82.7 cm³/mol. The molecule has 4 heteroatoms. The summed E-state index contributed by atoms with van der Waals surface area (Å²) in [4.78, 5) is 14.3. The monoisotopic (exact) mass is 281 g/mol. The lowest BCUT2D eigenvalue weighted by Gasteiger charge is -2.29. The molecule has 4 nitrogen and oxygen atoms in total. The van der Waals surface area contributed by atoms with E-state index in [2.05, 4.69) is 22.5 Å². The van der Waals surface area contributed by atoms with Gasteiger partial charge in [-0.1, -0.05) is 26.2 Å². The standard InChI is InChI=1S/C16H31N3O/c1-14(13-19-9-5-2-6-10-19)11-18-16(20)12-17-15-7-3-4-8-15/h14-15,17H,2-13H2,1H3,(H,18,20). The van der Waals surface area contributed by atoms with Crippen molar-refractivity contribution < 1.29 is 4.79 Å². The summed E-state index contributed by atoms with van der Waals surface area (Å²) < 4.78 is 0. The van der Waals surface area contributed by atoms with Gasteiger partial charge in [0.05, 0.1) is 6.54 Å². The Kier molecular flexibility index (Phi) is 6.80. The summed E-state index contributed by atoms with van der Waals surface area (Å²) in [5.41, 5.74) is 0. The molecule has 2 N–H and O–H groups in total. The Morgan fingerprint density at radius 3 is 2.55 bits per heavy atom. The summed E-state index contributed by atoms with van der Waals surface area (Å²) in [7, 11) is 0. The lowest BCUT2D eigenvalue weighted by molar-refractivity contribution is -0.120. The molecule has 1 unspecified atom stereocenters. The van der Waals surface area contributed by atoms with Crippen LogP contribution in [0.4, 0.5) is 0 Å². The average molecular weight is 281 g/mol. The number of rotatable bonds is 7. The molecule has 1 saturated carbocycles. The van der Waals surface area contributed by atoms with E-state index >= 15 is 0 Å². The minimum atomic E-state index is 0.155. The van der Waals surface area contributed by atoms with Crippen molar-refractivity contribution in [1.29, 1.82) is 0 Å². The highest BCUT2D eigenvalue weighted by molar-refractivity contribution is 5.78. The summed E-state index contributed by atoms with van der Waals surface area (Å²) in [5, 5.41) is 6.43. The number of hydrogen-bond donors (Lipinski definition) is 2. The van der Waals surface area contributed by atoms with Gasteiger partial charge in [0, 0.05) is 19.1 Å². The molecule has 0 bridgehead atoms. The largest absolute Gasteiger partial charge is 0.355 e. The number of carbonyl (C=O) groups is 1. The molecular formula is C16H31N3O. The molecule has 1 saturated heterocycles. The molecule has 1 atom stereocenters. The zero-order valence-electron chi connectivity index (χ0n) is 13.0. The minimum absolute atomic E-state index is 0.155. The van der Waals surface area contributed by atoms with Crippen LogP contribution in [0.25, 0.3) is 0 Å². The molecule has 1 aliphatic heterocycles. The van der Waals surface area contributed by atoms with Crippen LogP contribution in [0.2, 0.25) is 0 Å². The maximum absolute atomic E-state index is 11.8. The summed E-state index contributed by atoms with van der Waals surface area (Å²) in [6.45, 7) is 7.13. The van der Waals surface area contributed by atoms with E-state index < -0.39 is 0 Å². The first-order valence-corrected chi connectivity index (χ1v) is 8.46. The number of nitrogens with one attached hydrogen (secondary N) is 2. The molecule has 2 aliphatic rings. The number of piperidine rings is 1. The molecule has 0 radical (unpaired) electrons. The zero-order valence-corrected chi connectivity index (χ0v) is 13.0. The maximum Gasteiger partial charge on any atom is 0.233 e. The van der Waals surface area contributed by atoms with Crippen LogP contribution in [0.3, 0.4) is 0 Å². The van der Waals surface area contributed by atoms with Crippen molar-refractivity contribution in [2.45, 2.75) is 57.9 Å². The van der Waals surface area contributed by atoms with Crippen molar-refractivity contribution in [2.75, 3.05) is 32.7 Å². The Balaban J connectivity index is 1.52. The lowest BCUT2D eigenvalue weighted by Crippen LogP contribution is -2.42. The van der Waals surface area contributed by atoms with E-state index in [1.807, 2.05) is 0 Å². The third-order valence-corrected chi connectivity index (χ3v) is 4.57. The molecule has 1 amide bonds. The lowest BCUT2D eigenvalue weighted by atomic mass is 10.1. The van der Waals surface area contributed by atoms with Gasteiger partial charge in [0.25, 0.3) is 0 Å². The smallest absolute Gasteiger partial charge is 0.233 e. The van der Waals surface area contributed by atoms with E-state index in [4.69, 9.17) is 0 Å². The van der Waals surface area contributed by atoms with Crippen LogP contribution in [-0.4, -0.2) is 49.6 Å². The van der Waals surface area contributed by atoms with E-state index in [0.717, 1.165) is 13.1 Å². The Morgan fingerprint density at radius 2 is 1.85 bits per heavy atom. The third kappa shape index (κ3) is 5.80. The maximum atomic E-state index is 11.8. The fraction of sp³-hybridized carbons (Fsp3) is 0.938. The van der Waals surface area contributed by atoms with Crippen molar-refractivity contribution in [1.82, 2.24) is 15.5 Å². The highest BCUT2D eigenvalue weighted by Gasteiger charge is 2.16. The Labute approximate surface area is 123 Å². The van der Waals surface area contributed by atoms with E-state index in [9.17, 15) is 4.79 Å². The molecule has 0 spiro atoms. The van der Waals surface area contributed by atoms with Crippen LogP contribution >= 0.6 is 0 Å².